The van der Waals surface area contributed by atoms with E-state index in [4.69, 9.17) is 4.74 Å². The third-order valence-electron chi connectivity index (χ3n) is 3.82. The van der Waals surface area contributed by atoms with Crippen molar-refractivity contribution in [3.63, 3.8) is 0 Å². The molecule has 2 aromatic rings. The monoisotopic (exact) mass is 299 g/mol. The Morgan fingerprint density at radius 2 is 1.91 bits per heavy atom. The van der Waals surface area contributed by atoms with Crippen LogP contribution < -0.4 is 9.64 Å². The minimum atomic E-state index is -0.965. The van der Waals surface area contributed by atoms with E-state index in [2.05, 4.69) is 0 Å². The lowest BCUT2D eigenvalue weighted by atomic mass is 10.0. The standard InChI is InChI=1S/C18H18FNO2/c1-12-8-9-16-15(10-12)20(17(21)18(2,3)22-16)11-13-6-4-5-7-14(13)19/h4-10H,11H2,1-3H3. The maximum absolute atomic E-state index is 14.0. The van der Waals surface area contributed by atoms with Crippen LogP contribution in [0.5, 0.6) is 5.75 Å². The van der Waals surface area contributed by atoms with Crippen molar-refractivity contribution in [1.29, 1.82) is 0 Å². The number of fused-ring (bicyclic) bond motifs is 1. The van der Waals surface area contributed by atoms with Gasteiger partial charge in [-0.2, -0.15) is 0 Å². The van der Waals surface area contributed by atoms with Gasteiger partial charge in [0.05, 0.1) is 12.2 Å². The lowest BCUT2D eigenvalue weighted by Crippen LogP contribution is -2.52. The predicted molar refractivity (Wildman–Crippen MR) is 83.5 cm³/mol. The molecule has 3 rings (SSSR count). The van der Waals surface area contributed by atoms with Crippen molar-refractivity contribution in [3.05, 3.63) is 59.4 Å². The van der Waals surface area contributed by atoms with Crippen LogP contribution in [0.2, 0.25) is 0 Å². The maximum Gasteiger partial charge on any atom is 0.271 e. The highest BCUT2D eigenvalue weighted by molar-refractivity contribution is 6.02. The summed E-state index contributed by atoms with van der Waals surface area (Å²) in [6.45, 7) is 5.60. The first-order valence-corrected chi connectivity index (χ1v) is 7.23. The number of carbonyl (C=O) groups excluding carboxylic acids is 1. The number of halogens is 1. The molecule has 1 amide bonds. The molecule has 0 spiro atoms. The summed E-state index contributed by atoms with van der Waals surface area (Å²) in [7, 11) is 0. The summed E-state index contributed by atoms with van der Waals surface area (Å²) < 4.78 is 19.8. The van der Waals surface area contributed by atoms with Gasteiger partial charge in [-0.05, 0) is 44.5 Å². The minimum Gasteiger partial charge on any atom is -0.476 e. The van der Waals surface area contributed by atoms with E-state index >= 15 is 0 Å². The van der Waals surface area contributed by atoms with Gasteiger partial charge in [-0.1, -0.05) is 24.3 Å². The lowest BCUT2D eigenvalue weighted by molar-refractivity contribution is -0.132. The highest BCUT2D eigenvalue weighted by Crippen LogP contribution is 2.39. The van der Waals surface area contributed by atoms with Gasteiger partial charge >= 0.3 is 0 Å². The fourth-order valence-electron chi connectivity index (χ4n) is 2.63. The van der Waals surface area contributed by atoms with Crippen LogP contribution >= 0.6 is 0 Å². The van der Waals surface area contributed by atoms with Crippen LogP contribution in [-0.4, -0.2) is 11.5 Å². The Hall–Kier alpha value is -2.36. The van der Waals surface area contributed by atoms with Gasteiger partial charge < -0.3 is 9.64 Å². The van der Waals surface area contributed by atoms with Crippen molar-refractivity contribution in [2.24, 2.45) is 0 Å². The zero-order valence-corrected chi connectivity index (χ0v) is 12.9. The van der Waals surface area contributed by atoms with Gasteiger partial charge in [-0.3, -0.25) is 4.79 Å². The average Bonchev–Trinajstić information content (AvgIpc) is 2.46. The fourth-order valence-corrected chi connectivity index (χ4v) is 2.63. The molecular formula is C18H18FNO2. The molecule has 3 nitrogen and oxygen atoms in total. The first-order chi connectivity index (χ1) is 10.4. The molecule has 0 saturated carbocycles. The number of aryl methyl sites for hydroxylation is 1. The summed E-state index contributed by atoms with van der Waals surface area (Å²) in [6.07, 6.45) is 0. The summed E-state index contributed by atoms with van der Waals surface area (Å²) in [5.41, 5.74) is 1.23. The lowest BCUT2D eigenvalue weighted by Gasteiger charge is -2.39. The minimum absolute atomic E-state index is 0.172. The molecule has 0 fully saturated rings. The number of anilines is 1. The fraction of sp³-hybridized carbons (Fsp3) is 0.278. The second kappa shape index (κ2) is 5.13. The molecule has 0 atom stereocenters. The molecule has 0 radical (unpaired) electrons. The van der Waals surface area contributed by atoms with Crippen molar-refractivity contribution >= 4 is 11.6 Å². The number of rotatable bonds is 2. The van der Waals surface area contributed by atoms with Crippen LogP contribution in [0.4, 0.5) is 10.1 Å². The molecule has 114 valence electrons. The van der Waals surface area contributed by atoms with Crippen molar-refractivity contribution in [3.8, 4) is 5.75 Å². The Balaban J connectivity index is 2.07. The third-order valence-corrected chi connectivity index (χ3v) is 3.82. The van der Waals surface area contributed by atoms with Crippen molar-refractivity contribution < 1.29 is 13.9 Å². The smallest absolute Gasteiger partial charge is 0.271 e. The zero-order valence-electron chi connectivity index (χ0n) is 12.9. The van der Waals surface area contributed by atoms with E-state index in [0.717, 1.165) is 5.56 Å². The van der Waals surface area contributed by atoms with Crippen LogP contribution in [0.25, 0.3) is 0 Å². The van der Waals surface area contributed by atoms with Gasteiger partial charge in [0, 0.05) is 5.56 Å². The summed E-state index contributed by atoms with van der Waals surface area (Å²) in [6, 6.07) is 12.2. The van der Waals surface area contributed by atoms with Gasteiger partial charge in [0.25, 0.3) is 5.91 Å². The molecule has 1 heterocycles. The van der Waals surface area contributed by atoms with Crippen molar-refractivity contribution in [2.75, 3.05) is 4.90 Å². The Kier molecular flexibility index (Phi) is 3.39. The van der Waals surface area contributed by atoms with E-state index in [1.54, 1.807) is 36.9 Å². The first-order valence-electron chi connectivity index (χ1n) is 7.23. The topological polar surface area (TPSA) is 29.5 Å². The molecule has 0 aromatic heterocycles. The molecule has 2 aromatic carbocycles. The van der Waals surface area contributed by atoms with Crippen LogP contribution in [0.15, 0.2) is 42.5 Å². The number of carbonyl (C=O) groups is 1. The van der Waals surface area contributed by atoms with E-state index in [0.29, 0.717) is 17.0 Å². The molecule has 0 unspecified atom stereocenters. The van der Waals surface area contributed by atoms with Gasteiger partial charge in [0.1, 0.15) is 11.6 Å². The Labute approximate surface area is 129 Å². The zero-order chi connectivity index (χ0) is 15.9. The molecule has 0 aliphatic carbocycles. The van der Waals surface area contributed by atoms with E-state index in [1.807, 2.05) is 25.1 Å². The highest BCUT2D eigenvalue weighted by atomic mass is 19.1. The maximum atomic E-state index is 14.0. The van der Waals surface area contributed by atoms with Crippen molar-refractivity contribution in [2.45, 2.75) is 32.9 Å². The van der Waals surface area contributed by atoms with Gasteiger partial charge in [-0.25, -0.2) is 4.39 Å². The number of benzene rings is 2. The number of hydrogen-bond donors (Lipinski definition) is 0. The summed E-state index contributed by atoms with van der Waals surface area (Å²) in [5, 5.41) is 0. The van der Waals surface area contributed by atoms with Crippen LogP contribution in [-0.2, 0) is 11.3 Å². The normalized spacial score (nSPS) is 16.2. The number of nitrogens with zero attached hydrogens (tertiary/aromatic N) is 1. The van der Waals surface area contributed by atoms with Crippen LogP contribution in [0.1, 0.15) is 25.0 Å². The molecule has 22 heavy (non-hydrogen) atoms. The van der Waals surface area contributed by atoms with E-state index in [-0.39, 0.29) is 18.3 Å². The SMILES string of the molecule is Cc1ccc2c(c1)N(Cc1ccccc1F)C(=O)C(C)(C)O2. The molecule has 0 saturated heterocycles. The number of ether oxygens (including phenoxy) is 1. The van der Waals surface area contributed by atoms with Gasteiger partial charge in [-0.15, -0.1) is 0 Å². The molecule has 1 aliphatic heterocycles. The largest absolute Gasteiger partial charge is 0.476 e. The highest BCUT2D eigenvalue weighted by Gasteiger charge is 2.41. The van der Waals surface area contributed by atoms with Gasteiger partial charge in [0.2, 0.25) is 0 Å². The van der Waals surface area contributed by atoms with Gasteiger partial charge in [0.15, 0.2) is 5.60 Å². The molecule has 4 heteroatoms. The molecule has 0 N–H and O–H groups in total. The van der Waals surface area contributed by atoms with Crippen LogP contribution in [0, 0.1) is 12.7 Å². The second-order valence-electron chi connectivity index (χ2n) is 6.07. The second-order valence-corrected chi connectivity index (χ2v) is 6.07. The molecular weight excluding hydrogens is 281 g/mol. The Morgan fingerprint density at radius 1 is 1.18 bits per heavy atom. The molecule has 1 aliphatic rings. The van der Waals surface area contributed by atoms with Crippen molar-refractivity contribution in [1.82, 2.24) is 0 Å². The summed E-state index contributed by atoms with van der Waals surface area (Å²) >= 11 is 0. The Bertz CT molecular complexity index is 740. The average molecular weight is 299 g/mol. The van der Waals surface area contributed by atoms with E-state index < -0.39 is 5.60 Å². The quantitative estimate of drug-likeness (QED) is 0.843. The molecule has 0 bridgehead atoms. The number of hydrogen-bond acceptors (Lipinski definition) is 2. The first kappa shape index (κ1) is 14.6. The van der Waals surface area contributed by atoms with E-state index in [1.165, 1.54) is 6.07 Å². The van der Waals surface area contributed by atoms with Crippen LogP contribution in [0.3, 0.4) is 0 Å². The predicted octanol–water partition coefficient (Wildman–Crippen LogP) is 3.84. The van der Waals surface area contributed by atoms with E-state index in [9.17, 15) is 9.18 Å². The Morgan fingerprint density at radius 3 is 2.64 bits per heavy atom. The summed E-state index contributed by atoms with van der Waals surface area (Å²) in [5.74, 6) is 0.161. The summed E-state index contributed by atoms with van der Waals surface area (Å²) in [4.78, 5) is 14.3. The third kappa shape index (κ3) is 2.45. The number of amides is 1.